The van der Waals surface area contributed by atoms with Gasteiger partial charge in [-0.05, 0) is 71.6 Å². The number of piperidine rings is 1. The van der Waals surface area contributed by atoms with Crippen molar-refractivity contribution in [2.45, 2.75) is 78.0 Å². The highest BCUT2D eigenvalue weighted by molar-refractivity contribution is 6.05. The number of carboxylic acid groups (broad SMARTS) is 1. The van der Waals surface area contributed by atoms with Crippen LogP contribution in [-0.4, -0.2) is 62.6 Å². The predicted molar refractivity (Wildman–Crippen MR) is 161 cm³/mol. The van der Waals surface area contributed by atoms with Crippen molar-refractivity contribution in [2.75, 3.05) is 22.9 Å². The molecule has 222 valence electrons. The van der Waals surface area contributed by atoms with E-state index in [0.29, 0.717) is 43.7 Å². The third-order valence-corrected chi connectivity index (χ3v) is 7.95. The summed E-state index contributed by atoms with van der Waals surface area (Å²) in [6, 6.07) is 13.4. The van der Waals surface area contributed by atoms with Gasteiger partial charge in [0, 0.05) is 54.6 Å². The first-order valence-corrected chi connectivity index (χ1v) is 14.5. The number of amides is 3. The molecule has 1 saturated heterocycles. The third kappa shape index (κ3) is 5.84. The molecule has 0 bridgehead atoms. The highest BCUT2D eigenvalue weighted by atomic mass is 16.6. The van der Waals surface area contributed by atoms with Gasteiger partial charge in [0.2, 0.25) is 5.91 Å². The number of fused-ring (bicyclic) bond motifs is 1. The molecule has 10 nitrogen and oxygen atoms in total. The third-order valence-electron chi connectivity index (χ3n) is 7.95. The molecule has 10 heteroatoms. The van der Waals surface area contributed by atoms with Crippen LogP contribution in [0.15, 0.2) is 54.9 Å². The second-order valence-electron chi connectivity index (χ2n) is 12.1. The first-order valence-electron chi connectivity index (χ1n) is 14.5. The minimum atomic E-state index is -0.898. The van der Waals surface area contributed by atoms with Gasteiger partial charge in [0.25, 0.3) is 0 Å². The SMILES string of the molecule is CC(=O)N1c2ccc(-c3cnn(C4CCN(C(=O)O)CC4)c3)c(N(C(=O)OC(C)(C)C)c3ccccc3)c2CCC1C. The minimum Gasteiger partial charge on any atom is -0.465 e. The van der Waals surface area contributed by atoms with Crippen LogP contribution in [0.5, 0.6) is 0 Å². The van der Waals surface area contributed by atoms with Crippen LogP contribution in [0.3, 0.4) is 0 Å². The Kier molecular flexibility index (Phi) is 7.99. The van der Waals surface area contributed by atoms with E-state index >= 15 is 0 Å². The Morgan fingerprint density at radius 1 is 1.02 bits per heavy atom. The lowest BCUT2D eigenvalue weighted by Gasteiger charge is -2.38. The number of likely N-dealkylation sites (tertiary alicyclic amines) is 1. The quantitative estimate of drug-likeness (QED) is 0.376. The summed E-state index contributed by atoms with van der Waals surface area (Å²) in [5, 5.41) is 14.0. The van der Waals surface area contributed by atoms with Gasteiger partial charge in [-0.2, -0.15) is 5.10 Å². The van der Waals surface area contributed by atoms with E-state index in [1.165, 1.54) is 4.90 Å². The van der Waals surface area contributed by atoms with Crippen molar-refractivity contribution < 1.29 is 24.2 Å². The Balaban J connectivity index is 1.66. The number of anilines is 3. The standard InChI is InChI=1S/C32H39N5O5/c1-21-11-12-27-28(36(21)22(2)38)14-13-26(23-19-33-35(20-23)24-15-17-34(18-16-24)30(39)40)29(27)37(25-9-7-6-8-10-25)31(41)42-32(3,4)5/h6-10,13-14,19-21,24H,11-12,15-18H2,1-5H3,(H,39,40). The van der Waals surface area contributed by atoms with Crippen LogP contribution < -0.4 is 9.80 Å². The number of benzene rings is 2. The molecule has 2 aliphatic rings. The van der Waals surface area contributed by atoms with Crippen LogP contribution in [-0.2, 0) is 16.0 Å². The molecule has 2 aromatic carbocycles. The number of carbonyl (C=O) groups excluding carboxylic acids is 2. The fourth-order valence-electron chi connectivity index (χ4n) is 5.99. The molecule has 1 unspecified atom stereocenters. The van der Waals surface area contributed by atoms with E-state index < -0.39 is 17.8 Å². The number of nitrogens with zero attached hydrogens (tertiary/aromatic N) is 5. The van der Waals surface area contributed by atoms with Gasteiger partial charge in [-0.15, -0.1) is 0 Å². The molecule has 42 heavy (non-hydrogen) atoms. The van der Waals surface area contributed by atoms with Crippen LogP contribution in [0.2, 0.25) is 0 Å². The summed E-state index contributed by atoms with van der Waals surface area (Å²) in [5.74, 6) is -0.0498. The van der Waals surface area contributed by atoms with Gasteiger partial charge in [-0.3, -0.25) is 9.48 Å². The van der Waals surface area contributed by atoms with E-state index in [2.05, 4.69) is 5.10 Å². The highest BCUT2D eigenvalue weighted by Gasteiger charge is 2.35. The second kappa shape index (κ2) is 11.5. The first kappa shape index (κ1) is 29.2. The van der Waals surface area contributed by atoms with Gasteiger partial charge < -0.3 is 19.6 Å². The van der Waals surface area contributed by atoms with Gasteiger partial charge in [0.05, 0.1) is 23.6 Å². The number of aromatic nitrogens is 2. The van der Waals surface area contributed by atoms with Crippen molar-refractivity contribution in [1.82, 2.24) is 14.7 Å². The maximum absolute atomic E-state index is 14.0. The molecule has 1 N–H and O–H groups in total. The van der Waals surface area contributed by atoms with Crippen LogP contribution in [0.4, 0.5) is 26.7 Å². The number of carbonyl (C=O) groups is 3. The molecule has 5 rings (SSSR count). The molecular weight excluding hydrogens is 534 g/mol. The second-order valence-corrected chi connectivity index (χ2v) is 12.1. The van der Waals surface area contributed by atoms with Crippen LogP contribution in [0, 0.1) is 0 Å². The van der Waals surface area contributed by atoms with Crippen LogP contribution in [0.25, 0.3) is 11.1 Å². The summed E-state index contributed by atoms with van der Waals surface area (Å²) in [5.41, 5.74) is 3.92. The monoisotopic (exact) mass is 573 g/mol. The van der Waals surface area contributed by atoms with Crippen molar-refractivity contribution >= 4 is 35.2 Å². The smallest absolute Gasteiger partial charge is 0.419 e. The summed E-state index contributed by atoms with van der Waals surface area (Å²) in [4.78, 5) is 43.1. The fraction of sp³-hybridized carbons (Fsp3) is 0.438. The molecule has 1 aromatic heterocycles. The van der Waals surface area contributed by atoms with E-state index in [1.54, 1.807) is 18.0 Å². The van der Waals surface area contributed by atoms with Crippen molar-refractivity contribution in [2.24, 2.45) is 0 Å². The topological polar surface area (TPSA) is 108 Å². The molecule has 0 radical (unpaired) electrons. The molecule has 2 aliphatic heterocycles. The lowest BCUT2D eigenvalue weighted by molar-refractivity contribution is -0.117. The molecule has 3 aromatic rings. The van der Waals surface area contributed by atoms with Gasteiger partial charge in [0.15, 0.2) is 0 Å². The van der Waals surface area contributed by atoms with E-state index in [1.807, 2.05) is 85.9 Å². The largest absolute Gasteiger partial charge is 0.465 e. The Morgan fingerprint density at radius 2 is 1.71 bits per heavy atom. The zero-order valence-electron chi connectivity index (χ0n) is 24.9. The summed E-state index contributed by atoms with van der Waals surface area (Å²) in [7, 11) is 0. The average molecular weight is 574 g/mol. The highest BCUT2D eigenvalue weighted by Crippen LogP contribution is 2.46. The minimum absolute atomic E-state index is 0.0276. The molecule has 0 spiro atoms. The van der Waals surface area contributed by atoms with Gasteiger partial charge >= 0.3 is 12.2 Å². The number of ether oxygens (including phenoxy) is 1. The van der Waals surface area contributed by atoms with E-state index in [-0.39, 0.29) is 18.0 Å². The molecule has 3 amide bonds. The van der Waals surface area contributed by atoms with E-state index in [4.69, 9.17) is 4.74 Å². The van der Waals surface area contributed by atoms with Crippen LogP contribution >= 0.6 is 0 Å². The summed E-state index contributed by atoms with van der Waals surface area (Å²) in [6.45, 7) is 10.1. The van der Waals surface area contributed by atoms with Crippen molar-refractivity contribution in [3.05, 3.63) is 60.4 Å². The van der Waals surface area contributed by atoms with Crippen molar-refractivity contribution in [1.29, 1.82) is 0 Å². The van der Waals surface area contributed by atoms with Crippen molar-refractivity contribution in [3.63, 3.8) is 0 Å². The Morgan fingerprint density at radius 3 is 2.33 bits per heavy atom. The summed E-state index contributed by atoms with van der Waals surface area (Å²) < 4.78 is 7.85. The number of hydrogen-bond acceptors (Lipinski definition) is 5. The van der Waals surface area contributed by atoms with Gasteiger partial charge in [-0.1, -0.05) is 24.3 Å². The van der Waals surface area contributed by atoms with E-state index in [9.17, 15) is 19.5 Å². The van der Waals surface area contributed by atoms with Gasteiger partial charge in [0.1, 0.15) is 5.60 Å². The molecule has 0 aliphatic carbocycles. The normalized spacial score (nSPS) is 17.5. The number of para-hydroxylation sites is 1. The number of hydrogen-bond donors (Lipinski definition) is 1. The average Bonchev–Trinajstić information content (AvgIpc) is 3.43. The summed E-state index contributed by atoms with van der Waals surface area (Å²) >= 11 is 0. The maximum atomic E-state index is 14.0. The molecular formula is C32H39N5O5. The van der Waals surface area contributed by atoms with Crippen molar-refractivity contribution in [3.8, 4) is 11.1 Å². The van der Waals surface area contributed by atoms with Gasteiger partial charge in [-0.25, -0.2) is 14.5 Å². The Bertz CT molecular complexity index is 1470. The number of rotatable bonds is 4. The lowest BCUT2D eigenvalue weighted by atomic mass is 9.90. The van der Waals surface area contributed by atoms with Crippen LogP contribution in [0.1, 0.15) is 65.5 Å². The Labute approximate surface area is 246 Å². The molecule has 3 heterocycles. The predicted octanol–water partition coefficient (Wildman–Crippen LogP) is 6.63. The maximum Gasteiger partial charge on any atom is 0.419 e. The summed E-state index contributed by atoms with van der Waals surface area (Å²) in [6.07, 6.45) is 5.13. The molecule has 0 saturated carbocycles. The molecule has 1 fully saturated rings. The fourth-order valence-corrected chi connectivity index (χ4v) is 5.99. The molecule has 1 atom stereocenters. The zero-order chi connectivity index (χ0) is 30.2. The zero-order valence-corrected chi connectivity index (χ0v) is 24.9. The Hall–Kier alpha value is -4.34. The first-order chi connectivity index (χ1) is 19.9. The van der Waals surface area contributed by atoms with E-state index in [0.717, 1.165) is 28.8 Å². The lowest BCUT2D eigenvalue weighted by Crippen LogP contribution is -2.42.